The Bertz CT molecular complexity index is 1520. The van der Waals surface area contributed by atoms with Crippen molar-refractivity contribution in [2.75, 3.05) is 10.6 Å². The third kappa shape index (κ3) is 6.89. The number of anilines is 2. The Morgan fingerprint density at radius 2 is 1.59 bits per heavy atom. The lowest BCUT2D eigenvalue weighted by Crippen LogP contribution is -2.20. The van der Waals surface area contributed by atoms with E-state index in [0.29, 0.717) is 22.7 Å². The van der Waals surface area contributed by atoms with Gasteiger partial charge in [0.25, 0.3) is 0 Å². The highest BCUT2D eigenvalue weighted by molar-refractivity contribution is 6.36. The van der Waals surface area contributed by atoms with Crippen LogP contribution in [0.4, 0.5) is 33.7 Å². The summed E-state index contributed by atoms with van der Waals surface area (Å²) in [7, 11) is 0. The zero-order chi connectivity index (χ0) is 28.3. The molecule has 0 radical (unpaired) electrons. The van der Waals surface area contributed by atoms with Crippen molar-refractivity contribution in [3.8, 4) is 17.1 Å². The Kier molecular flexibility index (Phi) is 8.48. The van der Waals surface area contributed by atoms with E-state index in [0.717, 1.165) is 12.1 Å². The minimum absolute atomic E-state index is 0.103. The Balaban J connectivity index is 1.43. The average Bonchev–Trinajstić information content (AvgIpc) is 2.87. The number of nitrogens with one attached hydrogen (secondary N) is 2. The number of halogens is 7. The van der Waals surface area contributed by atoms with Crippen LogP contribution < -0.4 is 15.4 Å². The molecule has 0 spiro atoms. The van der Waals surface area contributed by atoms with Gasteiger partial charge in [0.1, 0.15) is 17.7 Å². The molecule has 1 heterocycles. The second-order valence-electron chi connectivity index (χ2n) is 8.11. The number of aromatic nitrogens is 2. The van der Waals surface area contributed by atoms with Crippen molar-refractivity contribution >= 4 is 52.2 Å². The molecule has 2 amide bonds. The molecule has 0 bridgehead atoms. The zero-order valence-corrected chi connectivity index (χ0v) is 22.1. The summed E-state index contributed by atoms with van der Waals surface area (Å²) in [5, 5.41) is 4.40. The van der Waals surface area contributed by atoms with E-state index in [4.69, 9.17) is 39.5 Å². The summed E-state index contributed by atoms with van der Waals surface area (Å²) in [5.41, 5.74) is -0.0985. The van der Waals surface area contributed by atoms with E-state index >= 15 is 0 Å². The van der Waals surface area contributed by atoms with E-state index in [9.17, 15) is 22.4 Å². The van der Waals surface area contributed by atoms with Gasteiger partial charge in [0.2, 0.25) is 0 Å². The summed E-state index contributed by atoms with van der Waals surface area (Å²) in [6, 6.07) is 11.5. The van der Waals surface area contributed by atoms with Gasteiger partial charge in [-0.2, -0.15) is 13.2 Å². The zero-order valence-electron chi connectivity index (χ0n) is 19.8. The molecule has 202 valence electrons. The van der Waals surface area contributed by atoms with Gasteiger partial charge in [-0.15, -0.1) is 0 Å². The van der Waals surface area contributed by atoms with Crippen molar-refractivity contribution in [1.82, 2.24) is 9.97 Å². The molecule has 2 N–H and O–H groups in total. The minimum atomic E-state index is -4.67. The lowest BCUT2D eigenvalue weighted by molar-refractivity contribution is -0.137. The Labute approximate surface area is 234 Å². The van der Waals surface area contributed by atoms with Gasteiger partial charge in [-0.1, -0.05) is 46.9 Å². The predicted molar refractivity (Wildman–Crippen MR) is 142 cm³/mol. The molecule has 0 fully saturated rings. The molecule has 0 aliphatic carbocycles. The number of urea groups is 1. The smallest absolute Gasteiger partial charge is 0.417 e. The van der Waals surface area contributed by atoms with Crippen LogP contribution in [-0.2, 0) is 6.18 Å². The molecule has 0 aliphatic heterocycles. The van der Waals surface area contributed by atoms with Crippen LogP contribution in [0.1, 0.15) is 24.2 Å². The van der Waals surface area contributed by atoms with E-state index in [1.54, 1.807) is 31.2 Å². The van der Waals surface area contributed by atoms with E-state index in [2.05, 4.69) is 20.6 Å². The molecule has 13 heteroatoms. The second-order valence-corrected chi connectivity index (χ2v) is 9.30. The van der Waals surface area contributed by atoms with Crippen LogP contribution in [0, 0.1) is 5.82 Å². The number of hydrogen-bond donors (Lipinski definition) is 2. The molecular weight excluding hydrogens is 583 g/mol. The number of amides is 2. The molecular formula is C26H17Cl3F4N4O2. The van der Waals surface area contributed by atoms with Gasteiger partial charge in [0.05, 0.1) is 33.7 Å². The molecule has 4 rings (SSSR count). The summed E-state index contributed by atoms with van der Waals surface area (Å²) in [4.78, 5) is 20.7. The van der Waals surface area contributed by atoms with E-state index in [1.807, 2.05) is 0 Å². The van der Waals surface area contributed by atoms with Gasteiger partial charge in [-0.3, -0.25) is 0 Å². The standard InChI is InChI=1S/C26H17Cl3F4N4O2/c1-13(22-20(28)7-8-21(30)23(22)29)39-17-4-2-3-14(9-17)24-34-11-16(12-35-24)37-25(38)36-15-5-6-19(27)18(10-15)26(31,32)33/h2-13H,1H3,(H2,36,37,38). The maximum atomic E-state index is 13.9. The first-order chi connectivity index (χ1) is 18.4. The Morgan fingerprint density at radius 3 is 2.28 bits per heavy atom. The molecule has 4 aromatic rings. The fourth-order valence-corrected chi connectivity index (χ4v) is 4.44. The largest absolute Gasteiger partial charge is 0.486 e. The van der Waals surface area contributed by atoms with Crippen molar-refractivity contribution in [2.45, 2.75) is 19.2 Å². The van der Waals surface area contributed by atoms with Crippen LogP contribution >= 0.6 is 34.8 Å². The number of hydrogen-bond acceptors (Lipinski definition) is 4. The lowest BCUT2D eigenvalue weighted by atomic mass is 10.1. The topological polar surface area (TPSA) is 76.1 Å². The van der Waals surface area contributed by atoms with Crippen molar-refractivity contribution in [3.05, 3.63) is 99.0 Å². The molecule has 0 saturated carbocycles. The van der Waals surface area contributed by atoms with Crippen molar-refractivity contribution < 1.29 is 27.1 Å². The molecule has 1 atom stereocenters. The molecule has 1 aromatic heterocycles. The van der Waals surface area contributed by atoms with E-state index in [1.165, 1.54) is 30.6 Å². The van der Waals surface area contributed by atoms with Crippen LogP contribution in [0.5, 0.6) is 5.75 Å². The summed E-state index contributed by atoms with van der Waals surface area (Å²) < 4.78 is 58.9. The maximum absolute atomic E-state index is 13.9. The summed E-state index contributed by atoms with van der Waals surface area (Å²) in [6.45, 7) is 1.68. The average molecular weight is 600 g/mol. The minimum Gasteiger partial charge on any atom is -0.486 e. The van der Waals surface area contributed by atoms with Gasteiger partial charge >= 0.3 is 12.2 Å². The van der Waals surface area contributed by atoms with Crippen LogP contribution in [0.15, 0.2) is 67.0 Å². The fourth-order valence-electron chi connectivity index (χ4n) is 3.54. The van der Waals surface area contributed by atoms with E-state index in [-0.39, 0.29) is 21.4 Å². The van der Waals surface area contributed by atoms with Crippen molar-refractivity contribution in [3.63, 3.8) is 0 Å². The third-order valence-corrected chi connectivity index (χ3v) is 6.37. The summed E-state index contributed by atoms with van der Waals surface area (Å²) in [6.07, 6.45) is -2.69. The normalized spacial score (nSPS) is 12.1. The van der Waals surface area contributed by atoms with Crippen molar-refractivity contribution in [1.29, 1.82) is 0 Å². The van der Waals surface area contributed by atoms with Crippen LogP contribution in [0.2, 0.25) is 15.1 Å². The van der Waals surface area contributed by atoms with E-state index < -0.39 is 34.7 Å². The van der Waals surface area contributed by atoms with Gasteiger partial charge in [0.15, 0.2) is 5.82 Å². The molecule has 0 saturated heterocycles. The summed E-state index contributed by atoms with van der Waals surface area (Å²) >= 11 is 17.8. The monoisotopic (exact) mass is 598 g/mol. The molecule has 39 heavy (non-hydrogen) atoms. The maximum Gasteiger partial charge on any atom is 0.417 e. The van der Waals surface area contributed by atoms with Crippen molar-refractivity contribution in [2.24, 2.45) is 0 Å². The number of nitrogens with zero attached hydrogens (tertiary/aromatic N) is 2. The van der Waals surface area contributed by atoms with Crippen LogP contribution in [0.25, 0.3) is 11.4 Å². The van der Waals surface area contributed by atoms with Crippen LogP contribution in [-0.4, -0.2) is 16.0 Å². The first-order valence-corrected chi connectivity index (χ1v) is 12.2. The number of carbonyl (C=O) groups excluding carboxylic acids is 1. The number of carbonyl (C=O) groups is 1. The number of ether oxygens (including phenoxy) is 1. The second kappa shape index (κ2) is 11.6. The van der Waals surface area contributed by atoms with Gasteiger partial charge in [-0.05, 0) is 49.4 Å². The van der Waals surface area contributed by atoms with Gasteiger partial charge in [-0.25, -0.2) is 19.2 Å². The van der Waals surface area contributed by atoms with Gasteiger partial charge < -0.3 is 15.4 Å². The Morgan fingerprint density at radius 1 is 0.923 bits per heavy atom. The first kappa shape index (κ1) is 28.4. The van der Waals surface area contributed by atoms with Crippen LogP contribution in [0.3, 0.4) is 0 Å². The molecule has 0 aliphatic rings. The number of benzene rings is 3. The first-order valence-electron chi connectivity index (χ1n) is 11.1. The molecule has 6 nitrogen and oxygen atoms in total. The molecule has 3 aromatic carbocycles. The highest BCUT2D eigenvalue weighted by atomic mass is 35.5. The third-order valence-electron chi connectivity index (χ3n) is 5.33. The number of rotatable bonds is 6. The molecule has 1 unspecified atom stereocenters. The highest BCUT2D eigenvalue weighted by Gasteiger charge is 2.33. The predicted octanol–water partition coefficient (Wildman–Crippen LogP) is 9.05. The highest BCUT2D eigenvalue weighted by Crippen LogP contribution is 2.37. The number of alkyl halides is 3. The lowest BCUT2D eigenvalue weighted by Gasteiger charge is -2.18. The fraction of sp³-hybridized carbons (Fsp3) is 0.115. The quantitative estimate of drug-likeness (QED) is 0.171. The van der Waals surface area contributed by atoms with Gasteiger partial charge in [0, 0.05) is 21.8 Å². The SMILES string of the molecule is CC(Oc1cccc(-c2ncc(NC(=O)Nc3ccc(Cl)c(C(F)(F)F)c3)cn2)c1)c1c(Cl)ccc(F)c1Cl. The Hall–Kier alpha value is -3.60. The summed E-state index contributed by atoms with van der Waals surface area (Å²) in [5.74, 6) is 0.103.